The lowest BCUT2D eigenvalue weighted by Crippen LogP contribution is -2.34. The van der Waals surface area contributed by atoms with Crippen LogP contribution < -0.4 is 16.2 Å². The Labute approximate surface area is 125 Å². The summed E-state index contributed by atoms with van der Waals surface area (Å²) in [6.07, 6.45) is 0.619. The summed E-state index contributed by atoms with van der Waals surface area (Å²) in [6.45, 7) is 2.56. The minimum atomic E-state index is -3.65. The summed E-state index contributed by atoms with van der Waals surface area (Å²) in [4.78, 5) is 11.5. The van der Waals surface area contributed by atoms with Crippen molar-refractivity contribution in [1.29, 1.82) is 0 Å². The van der Waals surface area contributed by atoms with Gasteiger partial charge in [-0.25, -0.2) is 13.6 Å². The van der Waals surface area contributed by atoms with Crippen LogP contribution >= 0.6 is 12.4 Å². The van der Waals surface area contributed by atoms with Crippen LogP contribution in [0.25, 0.3) is 0 Å². The Hall–Kier alpha value is -1.15. The van der Waals surface area contributed by atoms with Crippen molar-refractivity contribution in [3.63, 3.8) is 0 Å². The number of hydrogen-bond donors (Lipinski definition) is 3. The molecule has 0 aliphatic heterocycles. The maximum Gasteiger partial charge on any atom is 0.238 e. The molecule has 0 aliphatic carbocycles. The van der Waals surface area contributed by atoms with Crippen molar-refractivity contribution in [2.45, 2.75) is 18.2 Å². The molecule has 0 saturated heterocycles. The Morgan fingerprint density at radius 2 is 1.85 bits per heavy atom. The molecule has 1 aromatic carbocycles. The topological polar surface area (TPSA) is 115 Å². The molecule has 6 nitrogen and oxygen atoms in total. The fraction of sp³-hybridized carbons (Fsp3) is 0.417. The molecule has 0 heterocycles. The molecule has 0 fully saturated rings. The number of halogens is 1. The Balaban J connectivity index is 0.00000361. The van der Waals surface area contributed by atoms with E-state index in [1.54, 1.807) is 19.1 Å². The Bertz CT molecular complexity index is 531. The van der Waals surface area contributed by atoms with E-state index in [1.807, 2.05) is 0 Å². The van der Waals surface area contributed by atoms with E-state index in [2.05, 4.69) is 5.32 Å². The van der Waals surface area contributed by atoms with E-state index in [4.69, 9.17) is 10.9 Å². The van der Waals surface area contributed by atoms with Crippen LogP contribution in [0.4, 0.5) is 0 Å². The van der Waals surface area contributed by atoms with Gasteiger partial charge in [0.2, 0.25) is 15.9 Å². The molecule has 0 aromatic heterocycles. The standard InChI is InChI=1S/C12H19N3O3S.ClH/c1-9(8-13)12(16)15-7-6-10-2-4-11(5-3-10)19(14,17)18;/h2-5,9H,6-8,13H2,1H3,(H,15,16)(H2,14,17,18);1H. The molecule has 1 amide bonds. The maximum absolute atomic E-state index is 11.5. The van der Waals surface area contributed by atoms with Gasteiger partial charge in [0.05, 0.1) is 4.90 Å². The van der Waals surface area contributed by atoms with E-state index in [0.29, 0.717) is 19.5 Å². The van der Waals surface area contributed by atoms with Crippen molar-refractivity contribution in [2.24, 2.45) is 16.8 Å². The predicted octanol–water partition coefficient (Wildman–Crippen LogP) is 0.00930. The summed E-state index contributed by atoms with van der Waals surface area (Å²) in [7, 11) is -3.65. The van der Waals surface area contributed by atoms with E-state index in [-0.39, 0.29) is 29.1 Å². The van der Waals surface area contributed by atoms with Crippen LogP contribution in [0, 0.1) is 5.92 Å². The van der Waals surface area contributed by atoms with Crippen LogP contribution in [0.5, 0.6) is 0 Å². The molecule has 20 heavy (non-hydrogen) atoms. The molecule has 0 radical (unpaired) electrons. The van der Waals surface area contributed by atoms with Crippen molar-refractivity contribution >= 4 is 28.3 Å². The number of rotatable bonds is 6. The number of nitrogens with two attached hydrogens (primary N) is 2. The molecular formula is C12H20ClN3O3S. The molecule has 8 heteroatoms. The van der Waals surface area contributed by atoms with E-state index in [9.17, 15) is 13.2 Å². The van der Waals surface area contributed by atoms with Gasteiger partial charge in [-0.3, -0.25) is 4.79 Å². The number of benzene rings is 1. The second-order valence-corrected chi connectivity index (χ2v) is 5.93. The van der Waals surface area contributed by atoms with Crippen molar-refractivity contribution in [1.82, 2.24) is 5.32 Å². The molecule has 114 valence electrons. The van der Waals surface area contributed by atoms with Crippen LogP contribution in [0.3, 0.4) is 0 Å². The van der Waals surface area contributed by atoms with Gasteiger partial charge >= 0.3 is 0 Å². The zero-order chi connectivity index (χ0) is 14.5. The summed E-state index contributed by atoms with van der Waals surface area (Å²) in [6, 6.07) is 6.26. The highest BCUT2D eigenvalue weighted by Crippen LogP contribution is 2.08. The van der Waals surface area contributed by atoms with Gasteiger partial charge in [0.1, 0.15) is 0 Å². The number of carbonyl (C=O) groups excluding carboxylic acids is 1. The van der Waals surface area contributed by atoms with E-state index >= 15 is 0 Å². The van der Waals surface area contributed by atoms with Gasteiger partial charge in [-0.15, -0.1) is 12.4 Å². The average Bonchev–Trinajstić information content (AvgIpc) is 2.37. The Morgan fingerprint density at radius 3 is 2.30 bits per heavy atom. The van der Waals surface area contributed by atoms with Crippen LogP contribution in [0.2, 0.25) is 0 Å². The van der Waals surface area contributed by atoms with Gasteiger partial charge < -0.3 is 11.1 Å². The summed E-state index contributed by atoms with van der Waals surface area (Å²) in [5.74, 6) is -0.284. The normalized spacial score (nSPS) is 12.3. The number of nitrogens with one attached hydrogen (secondary N) is 1. The zero-order valence-electron chi connectivity index (χ0n) is 11.2. The number of primary sulfonamides is 1. The molecule has 1 unspecified atom stereocenters. The maximum atomic E-state index is 11.5. The molecule has 1 atom stereocenters. The summed E-state index contributed by atoms with van der Waals surface area (Å²) in [5.41, 5.74) is 6.31. The molecule has 0 aliphatic rings. The van der Waals surface area contributed by atoms with Gasteiger partial charge in [0, 0.05) is 19.0 Å². The minimum Gasteiger partial charge on any atom is -0.355 e. The van der Waals surface area contributed by atoms with Crippen molar-refractivity contribution in [2.75, 3.05) is 13.1 Å². The second kappa shape index (κ2) is 8.21. The first-order valence-corrected chi connectivity index (χ1v) is 7.48. The van der Waals surface area contributed by atoms with E-state index < -0.39 is 10.0 Å². The molecule has 0 saturated carbocycles. The highest BCUT2D eigenvalue weighted by Gasteiger charge is 2.10. The van der Waals surface area contributed by atoms with Crippen LogP contribution in [0.1, 0.15) is 12.5 Å². The molecular weight excluding hydrogens is 302 g/mol. The van der Waals surface area contributed by atoms with Crippen molar-refractivity contribution < 1.29 is 13.2 Å². The summed E-state index contributed by atoms with van der Waals surface area (Å²) >= 11 is 0. The van der Waals surface area contributed by atoms with Crippen molar-refractivity contribution in [3.8, 4) is 0 Å². The van der Waals surface area contributed by atoms with E-state index in [1.165, 1.54) is 12.1 Å². The number of carbonyl (C=O) groups is 1. The molecule has 5 N–H and O–H groups in total. The van der Waals surface area contributed by atoms with E-state index in [0.717, 1.165) is 5.56 Å². The van der Waals surface area contributed by atoms with Crippen LogP contribution in [-0.2, 0) is 21.2 Å². The summed E-state index contributed by atoms with van der Waals surface area (Å²) in [5, 5.41) is 7.76. The lowest BCUT2D eigenvalue weighted by atomic mass is 10.1. The van der Waals surface area contributed by atoms with Crippen LogP contribution in [-0.4, -0.2) is 27.4 Å². The zero-order valence-corrected chi connectivity index (χ0v) is 12.8. The molecule has 0 spiro atoms. The number of amides is 1. The average molecular weight is 322 g/mol. The smallest absolute Gasteiger partial charge is 0.238 e. The Morgan fingerprint density at radius 1 is 1.30 bits per heavy atom. The fourth-order valence-electron chi connectivity index (χ4n) is 1.46. The minimum absolute atomic E-state index is 0. The van der Waals surface area contributed by atoms with Gasteiger partial charge in [0.25, 0.3) is 0 Å². The third-order valence-corrected chi connectivity index (χ3v) is 3.70. The number of hydrogen-bond acceptors (Lipinski definition) is 4. The largest absolute Gasteiger partial charge is 0.355 e. The Kier molecular flexibility index (Phi) is 7.74. The first-order valence-electron chi connectivity index (χ1n) is 5.94. The third-order valence-electron chi connectivity index (χ3n) is 2.77. The first-order chi connectivity index (χ1) is 8.84. The predicted molar refractivity (Wildman–Crippen MR) is 80.0 cm³/mol. The monoisotopic (exact) mass is 321 g/mol. The molecule has 1 aromatic rings. The first kappa shape index (κ1) is 18.9. The molecule has 1 rings (SSSR count). The quantitative estimate of drug-likeness (QED) is 0.684. The van der Waals surface area contributed by atoms with Gasteiger partial charge in [0.15, 0.2) is 0 Å². The third kappa shape index (κ3) is 5.87. The number of sulfonamides is 1. The van der Waals surface area contributed by atoms with Gasteiger partial charge in [-0.2, -0.15) is 0 Å². The molecule has 0 bridgehead atoms. The second-order valence-electron chi connectivity index (χ2n) is 4.37. The van der Waals surface area contributed by atoms with Gasteiger partial charge in [-0.05, 0) is 24.1 Å². The van der Waals surface area contributed by atoms with Crippen LogP contribution in [0.15, 0.2) is 29.2 Å². The lowest BCUT2D eigenvalue weighted by Gasteiger charge is -2.09. The lowest BCUT2D eigenvalue weighted by molar-refractivity contribution is -0.124. The van der Waals surface area contributed by atoms with Crippen molar-refractivity contribution in [3.05, 3.63) is 29.8 Å². The highest BCUT2D eigenvalue weighted by atomic mass is 35.5. The SMILES string of the molecule is CC(CN)C(=O)NCCc1ccc(S(N)(=O)=O)cc1.Cl. The highest BCUT2D eigenvalue weighted by molar-refractivity contribution is 7.89. The van der Waals surface area contributed by atoms with Gasteiger partial charge in [-0.1, -0.05) is 19.1 Å². The summed E-state index contributed by atoms with van der Waals surface area (Å²) < 4.78 is 22.1. The fourth-order valence-corrected chi connectivity index (χ4v) is 1.97.